The Morgan fingerprint density at radius 1 is 1.16 bits per heavy atom. The zero-order valence-electron chi connectivity index (χ0n) is 12.1. The van der Waals surface area contributed by atoms with Crippen LogP contribution >= 0.6 is 0 Å². The Morgan fingerprint density at radius 3 is 2.37 bits per heavy atom. The molecule has 0 radical (unpaired) electrons. The Kier molecular flexibility index (Phi) is 6.24. The number of amides is 2. The van der Waals surface area contributed by atoms with Crippen molar-refractivity contribution in [2.24, 2.45) is 5.41 Å². The number of rotatable bonds is 5. The number of ether oxygens (including phenoxy) is 1. The van der Waals surface area contributed by atoms with Crippen molar-refractivity contribution in [1.29, 1.82) is 0 Å². The first-order valence-electron chi connectivity index (χ1n) is 6.74. The van der Waals surface area contributed by atoms with Crippen molar-refractivity contribution < 1.29 is 14.3 Å². The van der Waals surface area contributed by atoms with Gasteiger partial charge in [0.15, 0.2) is 0 Å². The summed E-state index contributed by atoms with van der Waals surface area (Å²) in [4.78, 5) is 25.4. The minimum Gasteiger partial charge on any atom is -0.379 e. The number of nitrogens with one attached hydrogen (secondary N) is 2. The largest absolute Gasteiger partial charge is 0.379 e. The lowest BCUT2D eigenvalue weighted by Gasteiger charge is -2.26. The van der Waals surface area contributed by atoms with Crippen LogP contribution in [0.25, 0.3) is 0 Å². The highest BCUT2D eigenvalue weighted by molar-refractivity contribution is 5.87. The minimum atomic E-state index is -0.464. The molecule has 1 heterocycles. The third kappa shape index (κ3) is 6.54. The SMILES string of the molecule is CC(C)(C)C(=O)NCC(=O)NCCN1CCOCC1. The van der Waals surface area contributed by atoms with Gasteiger partial charge in [-0.25, -0.2) is 0 Å². The van der Waals surface area contributed by atoms with E-state index in [2.05, 4.69) is 15.5 Å². The fourth-order valence-electron chi connectivity index (χ4n) is 1.67. The molecule has 2 N–H and O–H groups in total. The van der Waals surface area contributed by atoms with Crippen LogP contribution in [0.4, 0.5) is 0 Å². The van der Waals surface area contributed by atoms with Crippen LogP contribution in [0, 0.1) is 5.41 Å². The Morgan fingerprint density at radius 2 is 1.79 bits per heavy atom. The van der Waals surface area contributed by atoms with Crippen LogP contribution in [-0.4, -0.2) is 62.7 Å². The van der Waals surface area contributed by atoms with E-state index in [1.807, 2.05) is 20.8 Å². The van der Waals surface area contributed by atoms with Gasteiger partial charge in [0.05, 0.1) is 19.8 Å². The molecule has 1 aliphatic rings. The summed E-state index contributed by atoms with van der Waals surface area (Å²) < 4.78 is 5.25. The van der Waals surface area contributed by atoms with Crippen LogP contribution in [-0.2, 0) is 14.3 Å². The first kappa shape index (κ1) is 15.9. The van der Waals surface area contributed by atoms with E-state index in [0.717, 1.165) is 32.8 Å². The molecule has 1 aliphatic heterocycles. The molecule has 0 unspecified atom stereocenters. The number of morpholine rings is 1. The lowest BCUT2D eigenvalue weighted by molar-refractivity contribution is -0.131. The molecule has 0 aromatic heterocycles. The summed E-state index contributed by atoms with van der Waals surface area (Å²) in [5, 5.41) is 5.43. The second kappa shape index (κ2) is 7.45. The number of hydrogen-bond acceptors (Lipinski definition) is 4. The van der Waals surface area contributed by atoms with Gasteiger partial charge < -0.3 is 15.4 Å². The van der Waals surface area contributed by atoms with Crippen LogP contribution in [0.15, 0.2) is 0 Å². The van der Waals surface area contributed by atoms with Crippen molar-refractivity contribution >= 4 is 11.8 Å². The predicted molar refractivity (Wildman–Crippen MR) is 72.7 cm³/mol. The molecule has 6 heteroatoms. The normalized spacial score (nSPS) is 17.0. The van der Waals surface area contributed by atoms with Crippen LogP contribution in [0.5, 0.6) is 0 Å². The molecule has 1 fully saturated rings. The van der Waals surface area contributed by atoms with Crippen molar-refractivity contribution in [3.63, 3.8) is 0 Å². The summed E-state index contributed by atoms with van der Waals surface area (Å²) >= 11 is 0. The van der Waals surface area contributed by atoms with Crippen molar-refractivity contribution in [2.75, 3.05) is 45.9 Å². The average molecular weight is 271 g/mol. The summed E-state index contributed by atoms with van der Waals surface area (Å²) in [7, 11) is 0. The lowest BCUT2D eigenvalue weighted by atomic mass is 9.96. The highest BCUT2D eigenvalue weighted by Gasteiger charge is 2.21. The standard InChI is InChI=1S/C13H25N3O3/c1-13(2,3)12(18)15-10-11(17)14-4-5-16-6-8-19-9-7-16/h4-10H2,1-3H3,(H,14,17)(H,15,18). The maximum atomic E-state index is 11.6. The Balaban J connectivity index is 2.09. The molecule has 0 aromatic carbocycles. The van der Waals surface area contributed by atoms with Crippen molar-refractivity contribution in [3.05, 3.63) is 0 Å². The first-order chi connectivity index (χ1) is 8.89. The fraction of sp³-hybridized carbons (Fsp3) is 0.846. The maximum absolute atomic E-state index is 11.6. The molecule has 19 heavy (non-hydrogen) atoms. The second-order valence-electron chi connectivity index (χ2n) is 5.74. The average Bonchev–Trinajstić information content (AvgIpc) is 2.36. The van der Waals surface area contributed by atoms with E-state index in [4.69, 9.17) is 4.74 Å². The lowest BCUT2D eigenvalue weighted by Crippen LogP contribution is -2.45. The molecule has 1 rings (SSSR count). The smallest absolute Gasteiger partial charge is 0.239 e. The van der Waals surface area contributed by atoms with Crippen LogP contribution < -0.4 is 10.6 Å². The predicted octanol–water partition coefficient (Wildman–Crippen LogP) is -0.403. The maximum Gasteiger partial charge on any atom is 0.239 e. The topological polar surface area (TPSA) is 70.7 Å². The fourth-order valence-corrected chi connectivity index (χ4v) is 1.67. The van der Waals surface area contributed by atoms with Gasteiger partial charge in [0.25, 0.3) is 0 Å². The molecule has 0 atom stereocenters. The zero-order chi connectivity index (χ0) is 14.3. The molecular formula is C13H25N3O3. The number of nitrogens with zero attached hydrogens (tertiary/aromatic N) is 1. The second-order valence-corrected chi connectivity index (χ2v) is 5.74. The Hall–Kier alpha value is -1.14. The summed E-state index contributed by atoms with van der Waals surface area (Å²) in [5.41, 5.74) is -0.464. The van der Waals surface area contributed by atoms with E-state index < -0.39 is 5.41 Å². The van der Waals surface area contributed by atoms with E-state index in [0.29, 0.717) is 6.54 Å². The number of carbonyl (C=O) groups is 2. The quantitative estimate of drug-likeness (QED) is 0.713. The molecule has 110 valence electrons. The first-order valence-corrected chi connectivity index (χ1v) is 6.74. The van der Waals surface area contributed by atoms with Gasteiger partial charge >= 0.3 is 0 Å². The van der Waals surface area contributed by atoms with Crippen LogP contribution in [0.1, 0.15) is 20.8 Å². The van der Waals surface area contributed by atoms with Crippen molar-refractivity contribution in [2.45, 2.75) is 20.8 Å². The third-order valence-electron chi connectivity index (χ3n) is 2.94. The molecule has 0 aromatic rings. The molecule has 0 bridgehead atoms. The molecule has 0 spiro atoms. The van der Waals surface area contributed by atoms with Crippen molar-refractivity contribution in [3.8, 4) is 0 Å². The van der Waals surface area contributed by atoms with E-state index >= 15 is 0 Å². The summed E-state index contributed by atoms with van der Waals surface area (Å²) in [6, 6.07) is 0. The highest BCUT2D eigenvalue weighted by Crippen LogP contribution is 2.11. The summed E-state index contributed by atoms with van der Waals surface area (Å²) in [6.45, 7) is 10.3. The Labute approximate surface area is 114 Å². The zero-order valence-corrected chi connectivity index (χ0v) is 12.1. The molecule has 0 aliphatic carbocycles. The molecular weight excluding hydrogens is 246 g/mol. The van der Waals surface area contributed by atoms with Crippen LogP contribution in [0.2, 0.25) is 0 Å². The van der Waals surface area contributed by atoms with E-state index in [-0.39, 0.29) is 18.4 Å². The van der Waals surface area contributed by atoms with Crippen LogP contribution in [0.3, 0.4) is 0 Å². The van der Waals surface area contributed by atoms with E-state index in [1.165, 1.54) is 0 Å². The van der Waals surface area contributed by atoms with Gasteiger partial charge in [-0.3, -0.25) is 14.5 Å². The minimum absolute atomic E-state index is 0.0409. The molecule has 0 saturated carbocycles. The molecule has 2 amide bonds. The molecule has 1 saturated heterocycles. The Bertz CT molecular complexity index is 307. The van der Waals surface area contributed by atoms with E-state index in [9.17, 15) is 9.59 Å². The van der Waals surface area contributed by atoms with Gasteiger partial charge in [-0.1, -0.05) is 20.8 Å². The third-order valence-corrected chi connectivity index (χ3v) is 2.94. The van der Waals surface area contributed by atoms with Crippen molar-refractivity contribution in [1.82, 2.24) is 15.5 Å². The molecule has 6 nitrogen and oxygen atoms in total. The highest BCUT2D eigenvalue weighted by atomic mass is 16.5. The summed E-state index contributed by atoms with van der Waals surface area (Å²) in [5.74, 6) is -0.262. The van der Waals surface area contributed by atoms with E-state index in [1.54, 1.807) is 0 Å². The van der Waals surface area contributed by atoms with Gasteiger partial charge in [0, 0.05) is 31.6 Å². The monoisotopic (exact) mass is 271 g/mol. The number of carbonyl (C=O) groups excluding carboxylic acids is 2. The van der Waals surface area contributed by atoms with Gasteiger partial charge in [0.2, 0.25) is 11.8 Å². The number of hydrogen-bond donors (Lipinski definition) is 2. The van der Waals surface area contributed by atoms with Gasteiger partial charge in [-0.2, -0.15) is 0 Å². The van der Waals surface area contributed by atoms with Gasteiger partial charge in [-0.15, -0.1) is 0 Å². The summed E-state index contributed by atoms with van der Waals surface area (Å²) in [6.07, 6.45) is 0. The van der Waals surface area contributed by atoms with Gasteiger partial charge in [0.1, 0.15) is 0 Å². The van der Waals surface area contributed by atoms with Gasteiger partial charge in [-0.05, 0) is 0 Å².